The van der Waals surface area contributed by atoms with E-state index in [9.17, 15) is 9.59 Å². The lowest BCUT2D eigenvalue weighted by atomic mass is 10.1. The Labute approximate surface area is 114 Å². The van der Waals surface area contributed by atoms with Crippen molar-refractivity contribution in [3.05, 3.63) is 41.6 Å². The second kappa shape index (κ2) is 4.73. The van der Waals surface area contributed by atoms with Gasteiger partial charge in [0.05, 0.1) is 12.6 Å². The summed E-state index contributed by atoms with van der Waals surface area (Å²) in [7, 11) is 1.30. The van der Waals surface area contributed by atoms with Gasteiger partial charge in [-0.15, -0.1) is 5.10 Å². The number of fused-ring (bicyclic) bond motifs is 3. The van der Waals surface area contributed by atoms with Crippen LogP contribution in [0.3, 0.4) is 0 Å². The number of methoxy groups -OCH3 is 1. The van der Waals surface area contributed by atoms with Crippen molar-refractivity contribution in [2.75, 3.05) is 7.11 Å². The predicted molar refractivity (Wildman–Crippen MR) is 71.6 cm³/mol. The van der Waals surface area contributed by atoms with Gasteiger partial charge in [0, 0.05) is 11.8 Å². The average molecular weight is 269 g/mol. The van der Waals surface area contributed by atoms with Crippen molar-refractivity contribution in [3.8, 4) is 0 Å². The molecule has 0 radical (unpaired) electrons. The molecule has 0 aliphatic rings. The Kier molecular flexibility index (Phi) is 2.90. The molecule has 0 amide bonds. The van der Waals surface area contributed by atoms with Gasteiger partial charge in [0.15, 0.2) is 5.69 Å². The Morgan fingerprint density at radius 3 is 2.90 bits per heavy atom. The van der Waals surface area contributed by atoms with Crippen LogP contribution in [0.25, 0.3) is 16.4 Å². The van der Waals surface area contributed by atoms with Crippen molar-refractivity contribution in [1.29, 1.82) is 0 Å². The molecular formula is C14H11N3O3. The molecule has 0 saturated heterocycles. The van der Waals surface area contributed by atoms with Crippen LogP contribution in [-0.4, -0.2) is 34.2 Å². The van der Waals surface area contributed by atoms with Crippen LogP contribution < -0.4 is 0 Å². The standard InChI is InChI=1S/C14H11N3O3/c1-20-14(19)13-12-6-5-10-9(7-8-18)3-2-4-11(10)17(12)16-15-13/h2-6,8H,7H2,1H3. The zero-order valence-electron chi connectivity index (χ0n) is 10.7. The van der Waals surface area contributed by atoms with E-state index in [0.717, 1.165) is 22.8 Å². The van der Waals surface area contributed by atoms with E-state index in [1.165, 1.54) is 7.11 Å². The quantitative estimate of drug-likeness (QED) is 0.531. The van der Waals surface area contributed by atoms with Gasteiger partial charge in [0.25, 0.3) is 0 Å². The molecule has 0 spiro atoms. The molecule has 2 heterocycles. The number of ether oxygens (including phenoxy) is 1. The van der Waals surface area contributed by atoms with Gasteiger partial charge < -0.3 is 9.53 Å². The fraction of sp³-hybridized carbons (Fsp3) is 0.143. The number of rotatable bonds is 3. The molecule has 0 saturated carbocycles. The second-order valence-electron chi connectivity index (χ2n) is 4.28. The molecule has 100 valence electrons. The molecule has 6 nitrogen and oxygen atoms in total. The van der Waals surface area contributed by atoms with Crippen molar-refractivity contribution in [3.63, 3.8) is 0 Å². The molecule has 20 heavy (non-hydrogen) atoms. The van der Waals surface area contributed by atoms with Crippen LogP contribution in [0.4, 0.5) is 0 Å². The first-order valence-electron chi connectivity index (χ1n) is 6.04. The number of carbonyl (C=O) groups excluding carboxylic acids is 2. The summed E-state index contributed by atoms with van der Waals surface area (Å²) in [6, 6.07) is 9.22. The topological polar surface area (TPSA) is 73.6 Å². The van der Waals surface area contributed by atoms with Gasteiger partial charge in [-0.05, 0) is 17.7 Å². The zero-order chi connectivity index (χ0) is 14.1. The molecule has 1 aromatic carbocycles. The first-order valence-corrected chi connectivity index (χ1v) is 6.04. The highest BCUT2D eigenvalue weighted by Gasteiger charge is 2.16. The average Bonchev–Trinajstić information content (AvgIpc) is 2.91. The number of esters is 1. The third-order valence-corrected chi connectivity index (χ3v) is 3.20. The fourth-order valence-corrected chi connectivity index (χ4v) is 2.27. The maximum absolute atomic E-state index is 11.6. The lowest BCUT2D eigenvalue weighted by Gasteiger charge is -2.05. The van der Waals surface area contributed by atoms with E-state index in [1.54, 1.807) is 10.6 Å². The minimum absolute atomic E-state index is 0.176. The van der Waals surface area contributed by atoms with Gasteiger partial charge in [-0.1, -0.05) is 23.4 Å². The lowest BCUT2D eigenvalue weighted by Crippen LogP contribution is -2.02. The van der Waals surface area contributed by atoms with E-state index in [4.69, 9.17) is 0 Å². The lowest BCUT2D eigenvalue weighted by molar-refractivity contribution is -0.107. The third-order valence-electron chi connectivity index (χ3n) is 3.20. The van der Waals surface area contributed by atoms with Crippen LogP contribution in [0.1, 0.15) is 16.1 Å². The Balaban J connectivity index is 2.32. The van der Waals surface area contributed by atoms with Gasteiger partial charge in [0.1, 0.15) is 11.8 Å². The van der Waals surface area contributed by atoms with Gasteiger partial charge in [-0.25, -0.2) is 9.31 Å². The smallest absolute Gasteiger partial charge is 0.360 e. The molecule has 3 aromatic rings. The van der Waals surface area contributed by atoms with E-state index in [-0.39, 0.29) is 5.69 Å². The van der Waals surface area contributed by atoms with Crippen molar-refractivity contribution in [1.82, 2.24) is 14.8 Å². The van der Waals surface area contributed by atoms with E-state index >= 15 is 0 Å². The number of nitrogens with zero attached hydrogens (tertiary/aromatic N) is 3. The number of benzene rings is 1. The van der Waals surface area contributed by atoms with Gasteiger partial charge in [-0.2, -0.15) is 0 Å². The van der Waals surface area contributed by atoms with E-state index in [0.29, 0.717) is 11.9 Å². The van der Waals surface area contributed by atoms with Gasteiger partial charge in [-0.3, -0.25) is 0 Å². The number of carbonyl (C=O) groups is 2. The number of pyridine rings is 1. The second-order valence-corrected chi connectivity index (χ2v) is 4.28. The Morgan fingerprint density at radius 1 is 1.30 bits per heavy atom. The largest absolute Gasteiger partial charge is 0.464 e. The number of hydrogen-bond acceptors (Lipinski definition) is 5. The molecule has 3 rings (SSSR count). The van der Waals surface area contributed by atoms with Gasteiger partial charge >= 0.3 is 5.97 Å². The minimum atomic E-state index is -0.525. The first kappa shape index (κ1) is 12.3. The zero-order valence-corrected chi connectivity index (χ0v) is 10.7. The molecule has 0 atom stereocenters. The number of aromatic nitrogens is 3. The van der Waals surface area contributed by atoms with Crippen LogP contribution >= 0.6 is 0 Å². The molecule has 6 heteroatoms. The fourth-order valence-electron chi connectivity index (χ4n) is 2.27. The Bertz CT molecular complexity index is 823. The summed E-state index contributed by atoms with van der Waals surface area (Å²) in [4.78, 5) is 22.3. The molecular weight excluding hydrogens is 258 g/mol. The summed E-state index contributed by atoms with van der Waals surface area (Å²) in [5.74, 6) is -0.525. The molecule has 0 fully saturated rings. The third kappa shape index (κ3) is 1.73. The maximum Gasteiger partial charge on any atom is 0.360 e. The highest BCUT2D eigenvalue weighted by atomic mass is 16.5. The summed E-state index contributed by atoms with van der Waals surface area (Å²) in [6.07, 6.45) is 1.20. The van der Waals surface area contributed by atoms with Crippen LogP contribution in [0.15, 0.2) is 30.3 Å². The first-order chi connectivity index (χ1) is 9.76. The minimum Gasteiger partial charge on any atom is -0.464 e. The number of aldehydes is 1. The highest BCUT2D eigenvalue weighted by molar-refractivity contribution is 5.97. The predicted octanol–water partition coefficient (Wildman–Crippen LogP) is 1.41. The van der Waals surface area contributed by atoms with E-state index in [2.05, 4.69) is 15.0 Å². The van der Waals surface area contributed by atoms with E-state index in [1.807, 2.05) is 24.3 Å². The van der Waals surface area contributed by atoms with Crippen LogP contribution in [0, 0.1) is 0 Å². The molecule has 0 unspecified atom stereocenters. The van der Waals surface area contributed by atoms with E-state index < -0.39 is 5.97 Å². The SMILES string of the molecule is COC(=O)c1nnn2c1ccc1c(CC=O)cccc12. The molecule has 0 aliphatic heterocycles. The van der Waals surface area contributed by atoms with Gasteiger partial charge in [0.2, 0.25) is 0 Å². The van der Waals surface area contributed by atoms with Crippen LogP contribution in [0.5, 0.6) is 0 Å². The normalized spacial score (nSPS) is 10.8. The molecule has 0 aliphatic carbocycles. The van der Waals surface area contributed by atoms with Crippen LogP contribution in [0.2, 0.25) is 0 Å². The summed E-state index contributed by atoms with van der Waals surface area (Å²) in [5.41, 5.74) is 2.46. The summed E-state index contributed by atoms with van der Waals surface area (Å²) in [5, 5.41) is 8.77. The summed E-state index contributed by atoms with van der Waals surface area (Å²) < 4.78 is 6.26. The van der Waals surface area contributed by atoms with Crippen molar-refractivity contribution in [2.24, 2.45) is 0 Å². The monoisotopic (exact) mass is 269 g/mol. The molecule has 2 aromatic heterocycles. The van der Waals surface area contributed by atoms with Crippen molar-refractivity contribution < 1.29 is 14.3 Å². The number of hydrogen-bond donors (Lipinski definition) is 0. The van der Waals surface area contributed by atoms with Crippen LogP contribution in [-0.2, 0) is 16.0 Å². The summed E-state index contributed by atoms with van der Waals surface area (Å²) in [6.45, 7) is 0. The van der Waals surface area contributed by atoms with Crippen molar-refractivity contribution >= 4 is 28.7 Å². The highest BCUT2D eigenvalue weighted by Crippen LogP contribution is 2.22. The Hall–Kier alpha value is -2.76. The van der Waals surface area contributed by atoms with Crippen molar-refractivity contribution in [2.45, 2.75) is 6.42 Å². The molecule has 0 bridgehead atoms. The maximum atomic E-state index is 11.6. The summed E-state index contributed by atoms with van der Waals surface area (Å²) >= 11 is 0. The Morgan fingerprint density at radius 2 is 2.15 bits per heavy atom. The molecule has 0 N–H and O–H groups in total.